The summed E-state index contributed by atoms with van der Waals surface area (Å²) in [7, 11) is -3.66. The molecule has 1 rings (SSSR count). The first-order chi connectivity index (χ1) is 9.60. The van der Waals surface area contributed by atoms with Crippen molar-refractivity contribution < 1.29 is 23.1 Å². The Morgan fingerprint density at radius 3 is 2.43 bits per heavy atom. The van der Waals surface area contributed by atoms with Crippen molar-refractivity contribution in [3.05, 3.63) is 28.8 Å². The van der Waals surface area contributed by atoms with Gasteiger partial charge < -0.3 is 15.7 Å². The van der Waals surface area contributed by atoms with E-state index in [1.807, 2.05) is 0 Å². The molecule has 8 nitrogen and oxygen atoms in total. The van der Waals surface area contributed by atoms with E-state index in [1.54, 1.807) is 19.9 Å². The number of carboxylic acids is 1. The number of primary sulfonamides is 1. The molecule has 0 aliphatic heterocycles. The number of benzene rings is 1. The van der Waals surface area contributed by atoms with Gasteiger partial charge in [0.2, 0.25) is 10.0 Å². The summed E-state index contributed by atoms with van der Waals surface area (Å²) in [5.41, 5.74) is 1.48. The highest BCUT2D eigenvalue weighted by Crippen LogP contribution is 2.22. The first kappa shape index (κ1) is 16.9. The normalized spacial score (nSPS) is 11.0. The van der Waals surface area contributed by atoms with Crippen LogP contribution in [0.25, 0.3) is 0 Å². The molecule has 0 atom stereocenters. The minimum Gasteiger partial charge on any atom is -0.478 e. The highest BCUT2D eigenvalue weighted by Gasteiger charge is 2.15. The third kappa shape index (κ3) is 5.40. The first-order valence-corrected chi connectivity index (χ1v) is 7.71. The van der Waals surface area contributed by atoms with Gasteiger partial charge in [-0.2, -0.15) is 0 Å². The molecule has 21 heavy (non-hydrogen) atoms. The third-order valence-corrected chi connectivity index (χ3v) is 3.39. The smallest absolute Gasteiger partial charge is 0.337 e. The number of aryl methyl sites for hydroxylation is 2. The second-order valence-electron chi connectivity index (χ2n) is 4.56. The van der Waals surface area contributed by atoms with Gasteiger partial charge in [-0.1, -0.05) is 6.07 Å². The Hall–Kier alpha value is -2.13. The number of sulfonamides is 1. The summed E-state index contributed by atoms with van der Waals surface area (Å²) >= 11 is 0. The molecule has 0 aliphatic carbocycles. The number of hydrogen-bond donors (Lipinski definition) is 4. The third-order valence-electron chi connectivity index (χ3n) is 2.62. The van der Waals surface area contributed by atoms with Gasteiger partial charge in [-0.15, -0.1) is 0 Å². The van der Waals surface area contributed by atoms with Crippen molar-refractivity contribution in [2.24, 2.45) is 5.14 Å². The molecule has 0 heterocycles. The van der Waals surface area contributed by atoms with Crippen molar-refractivity contribution in [2.45, 2.75) is 13.8 Å². The number of nitrogens with two attached hydrogens (primary N) is 1. The van der Waals surface area contributed by atoms with E-state index < -0.39 is 27.8 Å². The molecule has 2 amide bonds. The number of carboxylic acid groups (broad SMARTS) is 1. The lowest BCUT2D eigenvalue weighted by atomic mass is 10.0. The highest BCUT2D eigenvalue weighted by molar-refractivity contribution is 7.89. The van der Waals surface area contributed by atoms with Gasteiger partial charge in [-0.3, -0.25) is 0 Å². The van der Waals surface area contributed by atoms with E-state index in [4.69, 9.17) is 10.2 Å². The van der Waals surface area contributed by atoms with Crippen LogP contribution in [-0.2, 0) is 10.0 Å². The summed E-state index contributed by atoms with van der Waals surface area (Å²) in [5.74, 6) is -1.57. The lowest BCUT2D eigenvalue weighted by molar-refractivity contribution is 0.0698. The Morgan fingerprint density at radius 1 is 1.29 bits per heavy atom. The van der Waals surface area contributed by atoms with Crippen LogP contribution in [0.2, 0.25) is 0 Å². The van der Waals surface area contributed by atoms with Crippen molar-refractivity contribution in [1.82, 2.24) is 5.32 Å². The van der Waals surface area contributed by atoms with E-state index in [-0.39, 0.29) is 17.8 Å². The standard InChI is InChI=1S/C12H17N3O5S/c1-7-5-8(2)10(9(6-7)11(16)17)15-12(18)14-3-4-21(13,19)20/h5-6H,3-4H2,1-2H3,(H,16,17)(H2,13,19,20)(H2,14,15,18). The fraction of sp³-hybridized carbons (Fsp3) is 0.333. The molecule has 1 aromatic rings. The summed E-state index contributed by atoms with van der Waals surface area (Å²) < 4.78 is 21.5. The predicted octanol–water partition coefficient (Wildman–Crippen LogP) is 0.412. The second kappa shape index (κ2) is 6.55. The van der Waals surface area contributed by atoms with Crippen LogP contribution in [-0.4, -0.2) is 37.8 Å². The molecule has 1 aromatic carbocycles. The van der Waals surface area contributed by atoms with E-state index in [0.29, 0.717) is 5.56 Å². The Kier molecular flexibility index (Phi) is 5.28. The summed E-state index contributed by atoms with van der Waals surface area (Å²) in [6.45, 7) is 3.24. The van der Waals surface area contributed by atoms with Crippen molar-refractivity contribution >= 4 is 27.7 Å². The summed E-state index contributed by atoms with van der Waals surface area (Å²) in [5, 5.41) is 18.6. The van der Waals surface area contributed by atoms with Gasteiger partial charge in [0.1, 0.15) is 0 Å². The zero-order chi connectivity index (χ0) is 16.2. The molecule has 0 saturated heterocycles. The molecule has 0 radical (unpaired) electrons. The zero-order valence-corrected chi connectivity index (χ0v) is 12.5. The van der Waals surface area contributed by atoms with Crippen LogP contribution in [0.1, 0.15) is 21.5 Å². The molecule has 0 unspecified atom stereocenters. The maximum Gasteiger partial charge on any atom is 0.337 e. The number of rotatable bonds is 5. The van der Waals surface area contributed by atoms with E-state index in [2.05, 4.69) is 10.6 Å². The minimum atomic E-state index is -3.66. The van der Waals surface area contributed by atoms with Gasteiger partial charge in [0.15, 0.2) is 0 Å². The molecule has 0 aliphatic rings. The molecule has 0 fully saturated rings. The van der Waals surface area contributed by atoms with Crippen LogP contribution in [0.5, 0.6) is 0 Å². The molecule has 0 spiro atoms. The van der Waals surface area contributed by atoms with Crippen LogP contribution >= 0.6 is 0 Å². The fourth-order valence-electron chi connectivity index (χ4n) is 1.77. The predicted molar refractivity (Wildman–Crippen MR) is 77.9 cm³/mol. The number of amides is 2. The van der Waals surface area contributed by atoms with Crippen molar-refractivity contribution in [3.8, 4) is 0 Å². The maximum absolute atomic E-state index is 11.7. The molecule has 116 valence electrons. The molecule has 0 aromatic heterocycles. The van der Waals surface area contributed by atoms with Crippen LogP contribution in [0, 0.1) is 13.8 Å². The van der Waals surface area contributed by atoms with Gasteiger partial charge in [-0.05, 0) is 31.0 Å². The van der Waals surface area contributed by atoms with Gasteiger partial charge in [0.25, 0.3) is 0 Å². The number of nitrogens with one attached hydrogen (secondary N) is 2. The van der Waals surface area contributed by atoms with Crippen molar-refractivity contribution in [1.29, 1.82) is 0 Å². The Labute approximate surface area is 122 Å². The number of carbonyl (C=O) groups is 2. The summed E-state index contributed by atoms with van der Waals surface area (Å²) in [4.78, 5) is 22.8. The van der Waals surface area contributed by atoms with Crippen LogP contribution in [0.4, 0.5) is 10.5 Å². The lowest BCUT2D eigenvalue weighted by Gasteiger charge is -2.13. The van der Waals surface area contributed by atoms with E-state index in [1.165, 1.54) is 6.07 Å². The van der Waals surface area contributed by atoms with Gasteiger partial charge >= 0.3 is 12.0 Å². The van der Waals surface area contributed by atoms with Crippen LogP contribution in [0.15, 0.2) is 12.1 Å². The number of hydrogen-bond acceptors (Lipinski definition) is 4. The second-order valence-corrected chi connectivity index (χ2v) is 6.29. The highest BCUT2D eigenvalue weighted by atomic mass is 32.2. The van der Waals surface area contributed by atoms with Gasteiger partial charge in [0, 0.05) is 6.54 Å². The first-order valence-electron chi connectivity index (χ1n) is 6.00. The maximum atomic E-state index is 11.7. The monoisotopic (exact) mass is 315 g/mol. The fourth-order valence-corrected chi connectivity index (χ4v) is 2.15. The Morgan fingerprint density at radius 2 is 1.90 bits per heavy atom. The summed E-state index contributed by atoms with van der Waals surface area (Å²) in [6.07, 6.45) is 0. The number of carbonyl (C=O) groups excluding carboxylic acids is 1. The number of aromatic carboxylic acids is 1. The largest absolute Gasteiger partial charge is 0.478 e. The number of urea groups is 1. The Balaban J connectivity index is 2.83. The SMILES string of the molecule is Cc1cc(C)c(NC(=O)NCCS(N)(=O)=O)c(C(=O)O)c1. The van der Waals surface area contributed by atoms with Gasteiger partial charge in [-0.25, -0.2) is 23.1 Å². The molecule has 0 saturated carbocycles. The molecular weight excluding hydrogens is 298 g/mol. The lowest BCUT2D eigenvalue weighted by Crippen LogP contribution is -2.35. The van der Waals surface area contributed by atoms with Crippen LogP contribution in [0.3, 0.4) is 0 Å². The topological polar surface area (TPSA) is 139 Å². The van der Waals surface area contributed by atoms with Crippen LogP contribution < -0.4 is 15.8 Å². The van der Waals surface area contributed by atoms with E-state index in [0.717, 1.165) is 5.56 Å². The molecular formula is C12H17N3O5S. The van der Waals surface area contributed by atoms with Gasteiger partial charge in [0.05, 0.1) is 17.0 Å². The Bertz CT molecular complexity index is 670. The molecule has 0 bridgehead atoms. The summed E-state index contributed by atoms with van der Waals surface area (Å²) in [6, 6.07) is 2.47. The molecule has 5 N–H and O–H groups in total. The van der Waals surface area contributed by atoms with Crippen molar-refractivity contribution in [2.75, 3.05) is 17.6 Å². The molecule has 9 heteroatoms. The average Bonchev–Trinajstić information content (AvgIpc) is 2.30. The van der Waals surface area contributed by atoms with E-state index in [9.17, 15) is 18.0 Å². The van der Waals surface area contributed by atoms with E-state index >= 15 is 0 Å². The average molecular weight is 315 g/mol. The minimum absolute atomic E-state index is 0.0332. The van der Waals surface area contributed by atoms with Crippen molar-refractivity contribution in [3.63, 3.8) is 0 Å². The quantitative estimate of drug-likeness (QED) is 0.623. The zero-order valence-electron chi connectivity index (χ0n) is 11.6. The number of anilines is 1.